The monoisotopic (exact) mass is 580 g/mol. The van der Waals surface area contributed by atoms with Gasteiger partial charge in [-0.1, -0.05) is 49.3 Å². The molecule has 2 aromatic heterocycles. The third kappa shape index (κ3) is 5.30. The highest BCUT2D eigenvalue weighted by atomic mass is 127. The molecule has 0 aliphatic heterocycles. The highest BCUT2D eigenvalue weighted by Gasteiger charge is 2.21. The van der Waals surface area contributed by atoms with Crippen molar-refractivity contribution >= 4 is 63.0 Å². The van der Waals surface area contributed by atoms with Crippen LogP contribution in [0.15, 0.2) is 39.0 Å². The van der Waals surface area contributed by atoms with Gasteiger partial charge in [0.1, 0.15) is 0 Å². The smallest absolute Gasteiger partial charge is 0.332 e. The number of rotatable bonds is 9. The molecule has 0 amide bonds. The van der Waals surface area contributed by atoms with Crippen LogP contribution in [0.2, 0.25) is 5.02 Å². The van der Waals surface area contributed by atoms with Crippen LogP contribution in [0.25, 0.3) is 11.2 Å². The number of nitrogens with zero attached hydrogens (tertiary/aromatic N) is 4. The van der Waals surface area contributed by atoms with Gasteiger partial charge in [-0.2, -0.15) is 0 Å². The van der Waals surface area contributed by atoms with E-state index in [1.54, 1.807) is 18.8 Å². The second kappa shape index (κ2) is 10.6. The number of thioether (sulfide) groups is 1. The Labute approximate surface area is 198 Å². The second-order valence-electron chi connectivity index (χ2n) is 7.02. The van der Waals surface area contributed by atoms with Crippen LogP contribution in [-0.4, -0.2) is 30.5 Å². The van der Waals surface area contributed by atoms with Gasteiger partial charge < -0.3 is 9.09 Å². The Hall–Kier alpha value is -0.870. The van der Waals surface area contributed by atoms with Crippen LogP contribution in [0.3, 0.4) is 0 Å². The van der Waals surface area contributed by atoms with Crippen molar-refractivity contribution in [1.82, 2.24) is 18.7 Å². The van der Waals surface area contributed by atoms with Gasteiger partial charge in [0.05, 0.1) is 19.6 Å². The Kier molecular flexibility index (Phi) is 8.43. The summed E-state index contributed by atoms with van der Waals surface area (Å²) in [5, 5.41) is 1.65. The molecule has 0 N–H and O–H groups in total. The van der Waals surface area contributed by atoms with Crippen molar-refractivity contribution in [3.8, 4) is 0 Å². The number of imidazole rings is 1. The molecule has 30 heavy (non-hydrogen) atoms. The molecule has 7 nitrogen and oxygen atoms in total. The van der Waals surface area contributed by atoms with Crippen LogP contribution in [0.5, 0.6) is 0 Å². The lowest BCUT2D eigenvalue weighted by Gasteiger charge is -2.12. The van der Waals surface area contributed by atoms with E-state index >= 15 is 0 Å². The molecule has 0 spiro atoms. The van der Waals surface area contributed by atoms with E-state index < -0.39 is 0 Å². The van der Waals surface area contributed by atoms with Crippen molar-refractivity contribution in [1.29, 1.82) is 0 Å². The van der Waals surface area contributed by atoms with E-state index in [1.165, 1.54) is 9.13 Å². The Morgan fingerprint density at radius 2 is 1.93 bits per heavy atom. The summed E-state index contributed by atoms with van der Waals surface area (Å²) >= 11 is 9.74. The minimum atomic E-state index is -0.360. The molecule has 0 aliphatic carbocycles. The molecule has 0 saturated carbocycles. The molecule has 0 radical (unpaired) electrons. The minimum Gasteiger partial charge on any atom is -0.352 e. The van der Waals surface area contributed by atoms with Crippen LogP contribution in [0.1, 0.15) is 25.8 Å². The summed E-state index contributed by atoms with van der Waals surface area (Å²) in [5.74, 6) is 0. The Morgan fingerprint density at radius 3 is 2.57 bits per heavy atom. The predicted molar refractivity (Wildman–Crippen MR) is 134 cm³/mol. The molecule has 0 fully saturated rings. The number of benzene rings is 1. The Morgan fingerprint density at radius 1 is 1.23 bits per heavy atom. The van der Waals surface area contributed by atoms with Gasteiger partial charge in [0.2, 0.25) is 0 Å². The molecule has 3 rings (SSSR count). The second-order valence-corrected chi connectivity index (χ2v) is 10.8. The Balaban J connectivity index is 2.15. The van der Waals surface area contributed by atoms with Crippen LogP contribution >= 0.6 is 51.9 Å². The molecule has 1 atom stereocenters. The minimum absolute atomic E-state index is 0.274. The average Bonchev–Trinajstić information content (AvgIpc) is 3.05. The maximum absolute atomic E-state index is 13.3. The number of aryl methyl sites for hydroxylation is 1. The molecule has 162 valence electrons. The number of fused-ring (bicyclic) bond motifs is 1. The van der Waals surface area contributed by atoms with Crippen LogP contribution < -0.4 is 11.2 Å². The summed E-state index contributed by atoms with van der Waals surface area (Å²) < 4.78 is 10.0. The van der Waals surface area contributed by atoms with E-state index in [0.29, 0.717) is 53.9 Å². The fourth-order valence-electron chi connectivity index (χ4n) is 3.10. The topological polar surface area (TPSA) is 71.1 Å². The highest BCUT2D eigenvalue weighted by molar-refractivity contribution is 14.2. The summed E-state index contributed by atoms with van der Waals surface area (Å²) in [6.45, 7) is 5.78. The van der Waals surface area contributed by atoms with Crippen molar-refractivity contribution in [3.05, 3.63) is 55.7 Å². The average molecular weight is 581 g/mol. The first-order valence-electron chi connectivity index (χ1n) is 9.42. The number of hydrogen-bond donors (Lipinski definition) is 0. The first-order chi connectivity index (χ1) is 14.3. The van der Waals surface area contributed by atoms with E-state index in [9.17, 15) is 9.59 Å². The van der Waals surface area contributed by atoms with E-state index in [-0.39, 0.29) is 16.5 Å². The van der Waals surface area contributed by atoms with Gasteiger partial charge in [-0.05, 0) is 46.2 Å². The van der Waals surface area contributed by atoms with Gasteiger partial charge in [-0.25, -0.2) is 9.78 Å². The van der Waals surface area contributed by atoms with Crippen molar-refractivity contribution < 1.29 is 4.52 Å². The molecule has 2 heterocycles. The van der Waals surface area contributed by atoms with Crippen molar-refractivity contribution in [2.75, 3.05) is 6.61 Å². The summed E-state index contributed by atoms with van der Waals surface area (Å²) in [6, 6.07) is 7.52. The number of aromatic nitrogens is 4. The van der Waals surface area contributed by atoms with Gasteiger partial charge in [-0.3, -0.25) is 13.9 Å². The van der Waals surface area contributed by atoms with Crippen molar-refractivity contribution in [2.24, 2.45) is 7.05 Å². The van der Waals surface area contributed by atoms with Gasteiger partial charge in [0, 0.05) is 23.9 Å². The molecule has 1 unspecified atom stereocenters. The lowest BCUT2D eigenvalue weighted by atomic mass is 10.2. The first kappa shape index (κ1) is 23.8. The summed E-state index contributed by atoms with van der Waals surface area (Å²) in [7, 11) is 1.66. The van der Waals surface area contributed by atoms with Gasteiger partial charge in [0.25, 0.3) is 5.56 Å². The number of hydrogen-bond acceptors (Lipinski definition) is 5. The lowest BCUT2D eigenvalue weighted by Crippen LogP contribution is -2.40. The fraction of sp³-hybridized carbons (Fsp3) is 0.421. The van der Waals surface area contributed by atoms with Gasteiger partial charge in [-0.15, -0.1) is 0 Å². The van der Waals surface area contributed by atoms with E-state index in [1.807, 2.05) is 28.8 Å². The van der Waals surface area contributed by atoms with E-state index in [0.717, 1.165) is 5.56 Å². The third-order valence-electron chi connectivity index (χ3n) is 4.48. The quantitative estimate of drug-likeness (QED) is 0.162. The highest BCUT2D eigenvalue weighted by Crippen LogP contribution is 2.26. The third-order valence-corrected chi connectivity index (χ3v) is 6.97. The summed E-state index contributed by atoms with van der Waals surface area (Å²) in [5.41, 5.74) is 1.17. The molecular weight excluding hydrogens is 558 g/mol. The standard InChI is InChI=1S/C19H23ClIN4O3PS/c1-12(2)30-18-22-16-15(25(18)11-13-5-7-14(20)8-6-13)17(26)24(19(27)23(16)3)9-4-10-28-29-21/h5-8,12,29H,4,9-11H2,1-3H3. The van der Waals surface area contributed by atoms with Crippen LogP contribution in [0.4, 0.5) is 0 Å². The zero-order valence-electron chi connectivity index (χ0n) is 16.9. The molecular formula is C19H23ClIN4O3PS. The predicted octanol–water partition coefficient (Wildman–Crippen LogP) is 4.45. The molecule has 11 heteroatoms. The van der Waals surface area contributed by atoms with E-state index in [2.05, 4.69) is 40.9 Å². The van der Waals surface area contributed by atoms with E-state index in [4.69, 9.17) is 16.1 Å². The van der Waals surface area contributed by atoms with Gasteiger partial charge >= 0.3 is 5.69 Å². The van der Waals surface area contributed by atoms with Crippen LogP contribution in [-0.2, 0) is 24.7 Å². The Bertz CT molecular complexity index is 1140. The zero-order valence-corrected chi connectivity index (χ0v) is 21.6. The maximum Gasteiger partial charge on any atom is 0.332 e. The zero-order chi connectivity index (χ0) is 21.8. The SMILES string of the molecule is CC(C)Sc1nc2c(c(=O)n(CCCOPI)c(=O)n2C)n1Cc1ccc(Cl)cc1. The van der Waals surface area contributed by atoms with Crippen molar-refractivity contribution in [2.45, 2.75) is 43.8 Å². The van der Waals surface area contributed by atoms with Gasteiger partial charge in [0.15, 0.2) is 16.3 Å². The lowest BCUT2D eigenvalue weighted by molar-refractivity contribution is 0.344. The molecule has 0 aliphatic rings. The largest absolute Gasteiger partial charge is 0.352 e. The first-order valence-corrected chi connectivity index (χ1v) is 14.7. The van der Waals surface area contributed by atoms with Crippen molar-refractivity contribution in [3.63, 3.8) is 0 Å². The number of halogens is 2. The molecule has 1 aromatic carbocycles. The summed E-state index contributed by atoms with van der Waals surface area (Å²) in [4.78, 5) is 30.8. The van der Waals surface area contributed by atoms with Crippen LogP contribution in [0, 0.1) is 0 Å². The summed E-state index contributed by atoms with van der Waals surface area (Å²) in [6.07, 6.45) is 0.593. The fourth-order valence-corrected chi connectivity index (χ4v) is 4.95. The molecule has 3 aromatic rings. The normalized spacial score (nSPS) is 12.1. The maximum atomic E-state index is 13.3. The molecule has 0 saturated heterocycles. The molecule has 0 bridgehead atoms.